The molecule has 16 heavy (non-hydrogen) atoms. The fraction of sp³-hybridized carbons (Fsp3) is 0.385. The maximum Gasteiger partial charge on any atom is 0.311 e. The maximum absolute atomic E-state index is 11.4. The minimum atomic E-state index is -0.229. The summed E-state index contributed by atoms with van der Waals surface area (Å²) in [5.41, 5.74) is 0.571. The van der Waals surface area contributed by atoms with Crippen LogP contribution in [0.25, 0.3) is 0 Å². The van der Waals surface area contributed by atoms with Crippen LogP contribution in [0.15, 0.2) is 24.3 Å². The van der Waals surface area contributed by atoms with Gasteiger partial charge in [0.05, 0.1) is 0 Å². The predicted octanol–water partition coefficient (Wildman–Crippen LogP) is 2.84. The second-order valence-corrected chi connectivity index (χ2v) is 4.09. The molecule has 0 aliphatic carbocycles. The quantitative estimate of drug-likeness (QED) is 0.435. The molecule has 0 N–H and O–H groups in total. The summed E-state index contributed by atoms with van der Waals surface area (Å²) in [7, 11) is 0. The Morgan fingerprint density at radius 1 is 1.31 bits per heavy atom. The Morgan fingerprint density at radius 3 is 2.44 bits per heavy atom. The number of carbonyl (C=O) groups excluding carboxylic acids is 2. The lowest BCUT2D eigenvalue weighted by molar-refractivity contribution is -0.134. The van der Waals surface area contributed by atoms with Crippen LogP contribution >= 0.6 is 0 Å². The number of esters is 1. The van der Waals surface area contributed by atoms with E-state index >= 15 is 0 Å². The van der Waals surface area contributed by atoms with E-state index in [0.717, 1.165) is 12.7 Å². The standard InChI is InChI=1S/C13H16O3/c1-10(2)3-8-13(15)16-12-6-4-11(9-14)5-7-12/h4-7,9-10H,3,8H2,1-2H3. The van der Waals surface area contributed by atoms with Crippen molar-refractivity contribution in [2.45, 2.75) is 26.7 Å². The van der Waals surface area contributed by atoms with Gasteiger partial charge in [0.1, 0.15) is 12.0 Å². The molecule has 3 nitrogen and oxygen atoms in total. The maximum atomic E-state index is 11.4. The summed E-state index contributed by atoms with van der Waals surface area (Å²) in [6.07, 6.45) is 2.00. The minimum Gasteiger partial charge on any atom is -0.427 e. The largest absolute Gasteiger partial charge is 0.427 e. The van der Waals surface area contributed by atoms with Crippen molar-refractivity contribution in [2.75, 3.05) is 0 Å². The molecule has 1 aromatic carbocycles. The van der Waals surface area contributed by atoms with Gasteiger partial charge >= 0.3 is 5.97 Å². The normalized spacial score (nSPS) is 10.2. The third-order valence-electron chi connectivity index (χ3n) is 2.17. The number of carbonyl (C=O) groups is 2. The van der Waals surface area contributed by atoms with Gasteiger partial charge in [0.25, 0.3) is 0 Å². The lowest BCUT2D eigenvalue weighted by Crippen LogP contribution is -2.08. The molecule has 0 spiro atoms. The van der Waals surface area contributed by atoms with Crippen LogP contribution in [0.4, 0.5) is 0 Å². The monoisotopic (exact) mass is 220 g/mol. The third kappa shape index (κ3) is 4.26. The van der Waals surface area contributed by atoms with Gasteiger partial charge in [-0.05, 0) is 36.6 Å². The molecule has 0 amide bonds. The Bertz CT molecular complexity index is 352. The number of ether oxygens (including phenoxy) is 1. The SMILES string of the molecule is CC(C)CCC(=O)Oc1ccc(C=O)cc1. The number of rotatable bonds is 5. The molecule has 0 saturated heterocycles. The zero-order valence-electron chi connectivity index (χ0n) is 9.60. The van der Waals surface area contributed by atoms with E-state index in [9.17, 15) is 9.59 Å². The molecular formula is C13H16O3. The summed E-state index contributed by atoms with van der Waals surface area (Å²) in [6, 6.07) is 6.49. The van der Waals surface area contributed by atoms with Crippen LogP contribution in [0.2, 0.25) is 0 Å². The first kappa shape index (κ1) is 12.4. The summed E-state index contributed by atoms with van der Waals surface area (Å²) in [6.45, 7) is 4.12. The van der Waals surface area contributed by atoms with Crippen molar-refractivity contribution in [3.63, 3.8) is 0 Å². The van der Waals surface area contributed by atoms with Crippen LogP contribution in [-0.2, 0) is 4.79 Å². The first-order chi connectivity index (χ1) is 7.61. The zero-order valence-corrected chi connectivity index (χ0v) is 9.60. The highest BCUT2D eigenvalue weighted by molar-refractivity contribution is 5.76. The molecular weight excluding hydrogens is 204 g/mol. The topological polar surface area (TPSA) is 43.4 Å². The van der Waals surface area contributed by atoms with E-state index in [0.29, 0.717) is 23.7 Å². The number of benzene rings is 1. The van der Waals surface area contributed by atoms with Gasteiger partial charge in [-0.2, -0.15) is 0 Å². The van der Waals surface area contributed by atoms with E-state index in [1.807, 2.05) is 0 Å². The van der Waals surface area contributed by atoms with Gasteiger partial charge in [0, 0.05) is 12.0 Å². The highest BCUT2D eigenvalue weighted by Crippen LogP contribution is 2.13. The van der Waals surface area contributed by atoms with Gasteiger partial charge in [0.15, 0.2) is 0 Å². The number of aldehydes is 1. The van der Waals surface area contributed by atoms with E-state index < -0.39 is 0 Å². The molecule has 0 radical (unpaired) electrons. The lowest BCUT2D eigenvalue weighted by atomic mass is 10.1. The van der Waals surface area contributed by atoms with Crippen LogP contribution < -0.4 is 4.74 Å². The Labute approximate surface area is 95.4 Å². The van der Waals surface area contributed by atoms with E-state index in [1.54, 1.807) is 24.3 Å². The van der Waals surface area contributed by atoms with Gasteiger partial charge in [-0.1, -0.05) is 13.8 Å². The van der Waals surface area contributed by atoms with E-state index in [2.05, 4.69) is 13.8 Å². The van der Waals surface area contributed by atoms with Crippen molar-refractivity contribution >= 4 is 12.3 Å². The smallest absolute Gasteiger partial charge is 0.311 e. The fourth-order valence-corrected chi connectivity index (χ4v) is 1.20. The minimum absolute atomic E-state index is 0.229. The van der Waals surface area contributed by atoms with Crippen molar-refractivity contribution in [2.24, 2.45) is 5.92 Å². The van der Waals surface area contributed by atoms with Crippen molar-refractivity contribution in [3.8, 4) is 5.75 Å². The molecule has 0 fully saturated rings. The molecule has 0 unspecified atom stereocenters. The summed E-state index contributed by atoms with van der Waals surface area (Å²) in [5, 5.41) is 0. The molecule has 1 rings (SSSR count). The van der Waals surface area contributed by atoms with Crippen molar-refractivity contribution in [1.29, 1.82) is 0 Å². The molecule has 0 aliphatic rings. The molecule has 0 bridgehead atoms. The van der Waals surface area contributed by atoms with Gasteiger partial charge in [-0.25, -0.2) is 0 Å². The van der Waals surface area contributed by atoms with Gasteiger partial charge in [-0.15, -0.1) is 0 Å². The summed E-state index contributed by atoms with van der Waals surface area (Å²) in [5.74, 6) is 0.747. The predicted molar refractivity (Wildman–Crippen MR) is 61.5 cm³/mol. The van der Waals surface area contributed by atoms with Gasteiger partial charge in [-0.3, -0.25) is 9.59 Å². The Hall–Kier alpha value is -1.64. The van der Waals surface area contributed by atoms with E-state index in [-0.39, 0.29) is 5.97 Å². The molecule has 86 valence electrons. The molecule has 0 heterocycles. The second kappa shape index (κ2) is 6.05. The van der Waals surface area contributed by atoms with Gasteiger partial charge < -0.3 is 4.74 Å². The van der Waals surface area contributed by atoms with Gasteiger partial charge in [0.2, 0.25) is 0 Å². The average Bonchev–Trinajstić information content (AvgIpc) is 2.27. The third-order valence-corrected chi connectivity index (χ3v) is 2.17. The summed E-state index contributed by atoms with van der Waals surface area (Å²) in [4.78, 5) is 21.8. The summed E-state index contributed by atoms with van der Waals surface area (Å²) < 4.78 is 5.11. The summed E-state index contributed by atoms with van der Waals surface area (Å²) >= 11 is 0. The Morgan fingerprint density at radius 2 is 1.94 bits per heavy atom. The second-order valence-electron chi connectivity index (χ2n) is 4.09. The van der Waals surface area contributed by atoms with Crippen molar-refractivity contribution in [1.82, 2.24) is 0 Å². The van der Waals surface area contributed by atoms with Crippen LogP contribution in [0.5, 0.6) is 5.75 Å². The Balaban J connectivity index is 2.46. The Kier molecular flexibility index (Phi) is 4.70. The van der Waals surface area contributed by atoms with Crippen LogP contribution in [-0.4, -0.2) is 12.3 Å². The molecule has 0 saturated carbocycles. The van der Waals surface area contributed by atoms with Crippen LogP contribution in [0.3, 0.4) is 0 Å². The lowest BCUT2D eigenvalue weighted by Gasteiger charge is -2.05. The number of hydrogen-bond acceptors (Lipinski definition) is 3. The highest BCUT2D eigenvalue weighted by atomic mass is 16.5. The van der Waals surface area contributed by atoms with E-state index in [4.69, 9.17) is 4.74 Å². The first-order valence-corrected chi connectivity index (χ1v) is 5.37. The molecule has 3 heteroatoms. The van der Waals surface area contributed by atoms with Crippen molar-refractivity contribution < 1.29 is 14.3 Å². The molecule has 0 aromatic heterocycles. The first-order valence-electron chi connectivity index (χ1n) is 5.37. The zero-order chi connectivity index (χ0) is 12.0. The fourth-order valence-electron chi connectivity index (χ4n) is 1.20. The highest BCUT2D eigenvalue weighted by Gasteiger charge is 2.06. The van der Waals surface area contributed by atoms with Crippen LogP contribution in [0.1, 0.15) is 37.0 Å². The average molecular weight is 220 g/mol. The van der Waals surface area contributed by atoms with Crippen LogP contribution in [0, 0.1) is 5.92 Å². The van der Waals surface area contributed by atoms with E-state index in [1.165, 1.54) is 0 Å². The molecule has 1 aromatic rings. The molecule has 0 atom stereocenters. The number of hydrogen-bond donors (Lipinski definition) is 0. The van der Waals surface area contributed by atoms with Crippen molar-refractivity contribution in [3.05, 3.63) is 29.8 Å². The molecule has 0 aliphatic heterocycles.